The predicted molar refractivity (Wildman–Crippen MR) is 109 cm³/mol. The molecule has 7 nitrogen and oxygen atoms in total. The highest BCUT2D eigenvalue weighted by Crippen LogP contribution is 2.31. The molecule has 3 N–H and O–H groups in total. The first-order valence-corrected chi connectivity index (χ1v) is 9.58. The highest BCUT2D eigenvalue weighted by Gasteiger charge is 2.18. The summed E-state index contributed by atoms with van der Waals surface area (Å²) in [6.07, 6.45) is 2.46. The molecule has 0 saturated carbocycles. The molecule has 0 spiro atoms. The summed E-state index contributed by atoms with van der Waals surface area (Å²) in [5.41, 5.74) is 2.57. The van der Waals surface area contributed by atoms with Crippen LogP contribution in [0.3, 0.4) is 0 Å². The number of hydrogen-bond acceptors (Lipinski definition) is 5. The molecular formula is C21H35NO6. The standard InChI is InChI=1S/C19H33NO2.C2H2O4/c1-6-7-10-20-11-12-21-13-14-22-18-15-16(2)8-9-17(18)19(3,4)5;3-1(4)2(5)6/h8-9,15,20H,6-7,10-14H2,1-5H3;(H,3,4)(H,5,6). The molecule has 0 aliphatic rings. The molecule has 0 bridgehead atoms. The maximum absolute atomic E-state index is 9.10. The Balaban J connectivity index is 0.00000105. The summed E-state index contributed by atoms with van der Waals surface area (Å²) in [6, 6.07) is 6.43. The Morgan fingerprint density at radius 2 is 1.68 bits per heavy atom. The van der Waals surface area contributed by atoms with Crippen LogP contribution < -0.4 is 10.1 Å². The summed E-state index contributed by atoms with van der Waals surface area (Å²) < 4.78 is 11.5. The Hall–Kier alpha value is -2.12. The van der Waals surface area contributed by atoms with Gasteiger partial charge in [0.05, 0.1) is 13.2 Å². The second kappa shape index (κ2) is 14.0. The van der Waals surface area contributed by atoms with Crippen molar-refractivity contribution in [3.8, 4) is 5.75 Å². The van der Waals surface area contributed by atoms with Gasteiger partial charge in [-0.2, -0.15) is 0 Å². The number of hydrogen-bond donors (Lipinski definition) is 3. The number of unbranched alkanes of at least 4 members (excludes halogenated alkanes) is 1. The Kier molecular flexibility index (Phi) is 12.9. The van der Waals surface area contributed by atoms with Gasteiger partial charge in [-0.15, -0.1) is 0 Å². The summed E-state index contributed by atoms with van der Waals surface area (Å²) in [5.74, 6) is -2.66. The van der Waals surface area contributed by atoms with Gasteiger partial charge in [0.25, 0.3) is 0 Å². The largest absolute Gasteiger partial charge is 0.491 e. The third-order valence-corrected chi connectivity index (χ3v) is 3.74. The molecule has 0 aromatic heterocycles. The van der Waals surface area contributed by atoms with E-state index in [9.17, 15) is 0 Å². The van der Waals surface area contributed by atoms with E-state index in [1.807, 2.05) is 0 Å². The van der Waals surface area contributed by atoms with Crippen molar-refractivity contribution < 1.29 is 29.3 Å². The van der Waals surface area contributed by atoms with Crippen LogP contribution >= 0.6 is 0 Å². The molecule has 0 aliphatic heterocycles. The van der Waals surface area contributed by atoms with E-state index in [0.29, 0.717) is 13.2 Å². The molecule has 0 unspecified atom stereocenters. The fraction of sp³-hybridized carbons (Fsp3) is 0.619. The Labute approximate surface area is 168 Å². The number of carbonyl (C=O) groups is 2. The van der Waals surface area contributed by atoms with Crippen LogP contribution in [0, 0.1) is 6.92 Å². The number of carboxylic acid groups (broad SMARTS) is 2. The zero-order chi connectivity index (χ0) is 21.6. The number of ether oxygens (including phenoxy) is 2. The maximum Gasteiger partial charge on any atom is 0.414 e. The lowest BCUT2D eigenvalue weighted by molar-refractivity contribution is -0.159. The lowest BCUT2D eigenvalue weighted by Crippen LogP contribution is -2.22. The zero-order valence-corrected chi connectivity index (χ0v) is 17.7. The average Bonchev–Trinajstić information content (AvgIpc) is 2.59. The fourth-order valence-electron chi connectivity index (χ4n) is 2.25. The zero-order valence-electron chi connectivity index (χ0n) is 17.7. The first-order valence-electron chi connectivity index (χ1n) is 9.58. The van der Waals surface area contributed by atoms with Crippen LogP contribution in [-0.2, 0) is 19.7 Å². The topological polar surface area (TPSA) is 105 Å². The molecule has 0 fully saturated rings. The lowest BCUT2D eigenvalue weighted by atomic mass is 9.86. The molecule has 160 valence electrons. The molecule has 1 rings (SSSR count). The monoisotopic (exact) mass is 397 g/mol. The second-order valence-corrected chi connectivity index (χ2v) is 7.42. The van der Waals surface area contributed by atoms with E-state index in [1.165, 1.54) is 24.0 Å². The predicted octanol–water partition coefficient (Wildman–Crippen LogP) is 3.23. The highest BCUT2D eigenvalue weighted by atomic mass is 16.5. The maximum atomic E-state index is 9.10. The normalized spacial score (nSPS) is 10.8. The molecule has 0 aliphatic carbocycles. The Morgan fingerprint density at radius 1 is 1.04 bits per heavy atom. The first-order chi connectivity index (χ1) is 13.1. The molecule has 0 saturated heterocycles. The minimum Gasteiger partial charge on any atom is -0.491 e. The number of aryl methyl sites for hydroxylation is 1. The molecule has 0 amide bonds. The average molecular weight is 398 g/mol. The fourth-order valence-corrected chi connectivity index (χ4v) is 2.25. The van der Waals surface area contributed by atoms with E-state index in [4.69, 9.17) is 29.3 Å². The van der Waals surface area contributed by atoms with E-state index >= 15 is 0 Å². The smallest absolute Gasteiger partial charge is 0.414 e. The van der Waals surface area contributed by atoms with Gasteiger partial charge < -0.3 is 25.0 Å². The van der Waals surface area contributed by atoms with Crippen molar-refractivity contribution in [2.24, 2.45) is 0 Å². The molecule has 0 atom stereocenters. The van der Waals surface area contributed by atoms with Gasteiger partial charge in [-0.05, 0) is 42.5 Å². The van der Waals surface area contributed by atoms with Gasteiger partial charge >= 0.3 is 11.9 Å². The highest BCUT2D eigenvalue weighted by molar-refractivity contribution is 6.27. The van der Waals surface area contributed by atoms with Gasteiger partial charge in [0, 0.05) is 6.54 Å². The van der Waals surface area contributed by atoms with E-state index < -0.39 is 11.9 Å². The van der Waals surface area contributed by atoms with Crippen molar-refractivity contribution >= 4 is 11.9 Å². The van der Waals surface area contributed by atoms with Gasteiger partial charge in [-0.3, -0.25) is 0 Å². The summed E-state index contributed by atoms with van der Waals surface area (Å²) >= 11 is 0. The third-order valence-electron chi connectivity index (χ3n) is 3.74. The van der Waals surface area contributed by atoms with Crippen LogP contribution in [0.1, 0.15) is 51.7 Å². The van der Waals surface area contributed by atoms with Crippen molar-refractivity contribution in [2.45, 2.75) is 52.9 Å². The van der Waals surface area contributed by atoms with Crippen LogP contribution in [0.4, 0.5) is 0 Å². The van der Waals surface area contributed by atoms with E-state index in [0.717, 1.165) is 25.4 Å². The van der Waals surface area contributed by atoms with Crippen LogP contribution in [0.15, 0.2) is 18.2 Å². The number of nitrogens with one attached hydrogen (secondary N) is 1. The van der Waals surface area contributed by atoms with Gasteiger partial charge in [0.15, 0.2) is 0 Å². The van der Waals surface area contributed by atoms with Crippen LogP contribution in [0.25, 0.3) is 0 Å². The SMILES string of the molecule is CCCCNCCOCCOc1cc(C)ccc1C(C)(C)C.O=C(O)C(=O)O. The summed E-state index contributed by atoms with van der Waals surface area (Å²) in [5, 5.41) is 18.1. The van der Waals surface area contributed by atoms with Crippen molar-refractivity contribution in [1.82, 2.24) is 5.32 Å². The molecule has 1 aromatic carbocycles. The first kappa shape index (κ1) is 25.9. The van der Waals surface area contributed by atoms with E-state index in [2.05, 4.69) is 58.1 Å². The third kappa shape index (κ3) is 12.3. The minimum absolute atomic E-state index is 0.0904. The van der Waals surface area contributed by atoms with Crippen molar-refractivity contribution in [3.05, 3.63) is 29.3 Å². The van der Waals surface area contributed by atoms with Crippen LogP contribution in [-0.4, -0.2) is 55.1 Å². The van der Waals surface area contributed by atoms with E-state index in [1.54, 1.807) is 0 Å². The van der Waals surface area contributed by atoms with Crippen molar-refractivity contribution in [3.63, 3.8) is 0 Å². The molecule has 28 heavy (non-hydrogen) atoms. The molecular weight excluding hydrogens is 362 g/mol. The molecule has 1 aromatic rings. The Bertz CT molecular complexity index is 583. The van der Waals surface area contributed by atoms with Crippen LogP contribution in [0.5, 0.6) is 5.75 Å². The number of aliphatic carboxylic acids is 2. The van der Waals surface area contributed by atoms with Crippen LogP contribution in [0.2, 0.25) is 0 Å². The molecule has 0 heterocycles. The Morgan fingerprint density at radius 3 is 2.21 bits per heavy atom. The number of benzene rings is 1. The minimum atomic E-state index is -1.82. The van der Waals surface area contributed by atoms with Crippen molar-refractivity contribution in [2.75, 3.05) is 32.9 Å². The van der Waals surface area contributed by atoms with E-state index in [-0.39, 0.29) is 5.41 Å². The van der Waals surface area contributed by atoms with Crippen molar-refractivity contribution in [1.29, 1.82) is 0 Å². The summed E-state index contributed by atoms with van der Waals surface area (Å²) in [4.78, 5) is 18.2. The summed E-state index contributed by atoms with van der Waals surface area (Å²) in [6.45, 7) is 14.9. The summed E-state index contributed by atoms with van der Waals surface area (Å²) in [7, 11) is 0. The number of carboxylic acids is 2. The molecule has 7 heteroatoms. The van der Waals surface area contributed by atoms with Gasteiger partial charge in [-0.25, -0.2) is 9.59 Å². The van der Waals surface area contributed by atoms with Gasteiger partial charge in [-0.1, -0.05) is 46.2 Å². The second-order valence-electron chi connectivity index (χ2n) is 7.42. The lowest BCUT2D eigenvalue weighted by Gasteiger charge is -2.23. The quantitative estimate of drug-likeness (QED) is 0.411. The number of rotatable bonds is 10. The van der Waals surface area contributed by atoms with Gasteiger partial charge in [0.1, 0.15) is 12.4 Å². The molecule has 0 radical (unpaired) electrons. The van der Waals surface area contributed by atoms with Gasteiger partial charge in [0.2, 0.25) is 0 Å².